The Morgan fingerprint density at radius 3 is 2.41 bits per heavy atom. The van der Waals surface area contributed by atoms with Gasteiger partial charge in [0.15, 0.2) is 0 Å². The Labute approximate surface area is 132 Å². The van der Waals surface area contributed by atoms with Crippen LogP contribution in [-0.2, 0) is 0 Å². The van der Waals surface area contributed by atoms with Crippen molar-refractivity contribution in [3.05, 3.63) is 40.2 Å². The van der Waals surface area contributed by atoms with Gasteiger partial charge in [0.05, 0.1) is 6.10 Å². The zero-order chi connectivity index (χ0) is 15.9. The van der Waals surface area contributed by atoms with E-state index in [1.807, 2.05) is 25.1 Å². The van der Waals surface area contributed by atoms with E-state index in [1.54, 1.807) is 0 Å². The van der Waals surface area contributed by atoms with Crippen LogP contribution in [0.15, 0.2) is 33.5 Å². The third-order valence-corrected chi connectivity index (χ3v) is 3.98. The maximum absolute atomic E-state index is 11.5. The topological polar surface area (TPSA) is 39.4 Å². The predicted octanol–water partition coefficient (Wildman–Crippen LogP) is 5.23. The molecule has 0 aliphatic heterocycles. The Morgan fingerprint density at radius 2 is 1.77 bits per heavy atom. The van der Waals surface area contributed by atoms with Gasteiger partial charge in [0.25, 0.3) is 0 Å². The van der Waals surface area contributed by atoms with E-state index in [0.29, 0.717) is 5.58 Å². The highest BCUT2D eigenvalue weighted by molar-refractivity contribution is 5.81. The van der Waals surface area contributed by atoms with Crippen LogP contribution in [0.3, 0.4) is 0 Å². The smallest absolute Gasteiger partial charge is 0.336 e. The van der Waals surface area contributed by atoms with E-state index in [4.69, 9.17) is 9.15 Å². The molecular formula is C19H26O3. The number of hydrogen-bond acceptors (Lipinski definition) is 3. The standard InChI is InChI=1S/C19H26O3/c1-4-6-8-15(9-7-5-2)21-16-10-11-17-14(3)12-19(20)22-18(17)13-16/h10-13,15H,4-9H2,1-3H3. The minimum atomic E-state index is -0.310. The van der Waals surface area contributed by atoms with E-state index < -0.39 is 0 Å². The summed E-state index contributed by atoms with van der Waals surface area (Å²) in [6, 6.07) is 7.31. The molecule has 2 aromatic rings. The third kappa shape index (κ3) is 4.36. The second kappa shape index (κ2) is 8.02. The molecule has 0 radical (unpaired) electrons. The fraction of sp³-hybridized carbons (Fsp3) is 0.526. The van der Waals surface area contributed by atoms with Gasteiger partial charge in [-0.25, -0.2) is 4.79 Å². The van der Waals surface area contributed by atoms with Crippen LogP contribution in [0, 0.1) is 6.92 Å². The third-order valence-electron chi connectivity index (χ3n) is 3.98. The summed E-state index contributed by atoms with van der Waals surface area (Å²) in [5.74, 6) is 0.790. The van der Waals surface area contributed by atoms with Crippen molar-refractivity contribution in [2.45, 2.75) is 65.4 Å². The summed E-state index contributed by atoms with van der Waals surface area (Å²) in [5.41, 5.74) is 1.23. The minimum absolute atomic E-state index is 0.244. The van der Waals surface area contributed by atoms with Crippen LogP contribution in [0.2, 0.25) is 0 Å². The molecule has 0 saturated heterocycles. The van der Waals surface area contributed by atoms with Crippen molar-refractivity contribution in [3.8, 4) is 5.75 Å². The van der Waals surface area contributed by atoms with Gasteiger partial charge < -0.3 is 9.15 Å². The Bertz CT molecular complexity index is 649. The van der Waals surface area contributed by atoms with Crippen molar-refractivity contribution in [2.75, 3.05) is 0 Å². The van der Waals surface area contributed by atoms with Crippen LogP contribution in [0.1, 0.15) is 57.9 Å². The Kier molecular flexibility index (Phi) is 6.05. The van der Waals surface area contributed by atoms with Crippen molar-refractivity contribution in [3.63, 3.8) is 0 Å². The van der Waals surface area contributed by atoms with E-state index in [9.17, 15) is 4.79 Å². The van der Waals surface area contributed by atoms with Gasteiger partial charge in [-0.3, -0.25) is 0 Å². The van der Waals surface area contributed by atoms with Crippen molar-refractivity contribution < 1.29 is 9.15 Å². The van der Waals surface area contributed by atoms with E-state index in [0.717, 1.165) is 29.5 Å². The maximum atomic E-state index is 11.5. The molecule has 0 spiro atoms. The SMILES string of the molecule is CCCCC(CCCC)Oc1ccc2c(C)cc(=O)oc2c1. The highest BCUT2D eigenvalue weighted by Crippen LogP contribution is 2.24. The highest BCUT2D eigenvalue weighted by atomic mass is 16.5. The number of benzene rings is 1. The van der Waals surface area contributed by atoms with Gasteiger partial charge in [-0.1, -0.05) is 39.5 Å². The first-order valence-electron chi connectivity index (χ1n) is 8.35. The van der Waals surface area contributed by atoms with Crippen molar-refractivity contribution in [2.24, 2.45) is 0 Å². The number of aryl methyl sites for hydroxylation is 1. The summed E-state index contributed by atoms with van der Waals surface area (Å²) >= 11 is 0. The van der Waals surface area contributed by atoms with Crippen LogP contribution >= 0.6 is 0 Å². The first-order valence-corrected chi connectivity index (χ1v) is 8.35. The van der Waals surface area contributed by atoms with Crippen LogP contribution in [-0.4, -0.2) is 6.10 Å². The first-order chi connectivity index (χ1) is 10.6. The number of rotatable bonds is 8. The molecule has 22 heavy (non-hydrogen) atoms. The molecule has 0 amide bonds. The molecule has 2 rings (SSSR count). The highest BCUT2D eigenvalue weighted by Gasteiger charge is 2.11. The molecule has 1 aromatic carbocycles. The quantitative estimate of drug-likeness (QED) is 0.627. The molecule has 0 bridgehead atoms. The summed E-state index contributed by atoms with van der Waals surface area (Å²) in [5, 5.41) is 0.964. The number of fused-ring (bicyclic) bond motifs is 1. The van der Waals surface area contributed by atoms with E-state index >= 15 is 0 Å². The lowest BCUT2D eigenvalue weighted by atomic mass is 10.1. The van der Waals surface area contributed by atoms with Crippen LogP contribution in [0.5, 0.6) is 5.75 Å². The molecule has 0 aliphatic carbocycles. The van der Waals surface area contributed by atoms with Gasteiger partial charge in [0, 0.05) is 17.5 Å². The normalized spacial score (nSPS) is 11.3. The van der Waals surface area contributed by atoms with Crippen LogP contribution in [0.4, 0.5) is 0 Å². The molecule has 0 saturated carbocycles. The second-order valence-electron chi connectivity index (χ2n) is 5.93. The predicted molar refractivity (Wildman–Crippen MR) is 90.7 cm³/mol. The molecular weight excluding hydrogens is 276 g/mol. The zero-order valence-electron chi connectivity index (χ0n) is 13.9. The average molecular weight is 302 g/mol. The van der Waals surface area contributed by atoms with Gasteiger partial charge in [-0.2, -0.15) is 0 Å². The zero-order valence-corrected chi connectivity index (χ0v) is 13.9. The van der Waals surface area contributed by atoms with E-state index in [1.165, 1.54) is 31.7 Å². The Morgan fingerprint density at radius 1 is 1.09 bits per heavy atom. The lowest BCUT2D eigenvalue weighted by molar-refractivity contribution is 0.174. The molecule has 120 valence electrons. The Balaban J connectivity index is 2.19. The second-order valence-corrected chi connectivity index (χ2v) is 5.93. The molecule has 0 N–H and O–H groups in total. The van der Waals surface area contributed by atoms with Crippen molar-refractivity contribution in [1.29, 1.82) is 0 Å². The maximum Gasteiger partial charge on any atom is 0.336 e. The van der Waals surface area contributed by atoms with E-state index in [-0.39, 0.29) is 11.7 Å². The molecule has 0 atom stereocenters. The molecule has 1 heterocycles. The fourth-order valence-electron chi connectivity index (χ4n) is 2.70. The molecule has 3 nitrogen and oxygen atoms in total. The summed E-state index contributed by atoms with van der Waals surface area (Å²) in [6.45, 7) is 6.32. The van der Waals surface area contributed by atoms with Crippen molar-refractivity contribution in [1.82, 2.24) is 0 Å². The van der Waals surface area contributed by atoms with E-state index in [2.05, 4.69) is 13.8 Å². The summed E-state index contributed by atoms with van der Waals surface area (Å²) < 4.78 is 11.4. The fourth-order valence-corrected chi connectivity index (χ4v) is 2.70. The molecule has 0 aliphatic rings. The van der Waals surface area contributed by atoms with Gasteiger partial charge >= 0.3 is 5.63 Å². The van der Waals surface area contributed by atoms with Gasteiger partial charge in [-0.15, -0.1) is 0 Å². The summed E-state index contributed by atoms with van der Waals surface area (Å²) in [7, 11) is 0. The lowest BCUT2D eigenvalue weighted by Crippen LogP contribution is -2.16. The van der Waals surface area contributed by atoms with Gasteiger partial charge in [0.2, 0.25) is 0 Å². The van der Waals surface area contributed by atoms with Gasteiger partial charge in [0.1, 0.15) is 11.3 Å². The monoisotopic (exact) mass is 302 g/mol. The number of hydrogen-bond donors (Lipinski definition) is 0. The van der Waals surface area contributed by atoms with Gasteiger partial charge in [-0.05, 0) is 37.5 Å². The summed E-state index contributed by atoms with van der Waals surface area (Å²) in [4.78, 5) is 11.5. The Hall–Kier alpha value is -1.77. The van der Waals surface area contributed by atoms with Crippen LogP contribution < -0.4 is 10.4 Å². The lowest BCUT2D eigenvalue weighted by Gasteiger charge is -2.19. The van der Waals surface area contributed by atoms with Crippen molar-refractivity contribution >= 4 is 11.0 Å². The first kappa shape index (κ1) is 16.6. The molecule has 0 unspecified atom stereocenters. The van der Waals surface area contributed by atoms with Crippen LogP contribution in [0.25, 0.3) is 11.0 Å². The largest absolute Gasteiger partial charge is 0.490 e. The number of unbranched alkanes of at least 4 members (excludes halogenated alkanes) is 2. The minimum Gasteiger partial charge on any atom is -0.490 e. The molecule has 3 heteroatoms. The number of ether oxygens (including phenoxy) is 1. The summed E-state index contributed by atoms with van der Waals surface area (Å²) in [6.07, 6.45) is 7.11. The molecule has 1 aromatic heterocycles. The average Bonchev–Trinajstić information content (AvgIpc) is 2.49. The molecule has 0 fully saturated rings.